The monoisotopic (exact) mass is 314 g/mol. The highest BCUT2D eigenvalue weighted by Crippen LogP contribution is 2.32. The molecule has 6 nitrogen and oxygen atoms in total. The fourth-order valence-corrected chi connectivity index (χ4v) is 2.97. The lowest BCUT2D eigenvalue weighted by Crippen LogP contribution is -2.42. The Kier molecular flexibility index (Phi) is 6.17. The number of amides is 2. The van der Waals surface area contributed by atoms with Gasteiger partial charge in [0, 0.05) is 24.6 Å². The first-order chi connectivity index (χ1) is 9.79. The highest BCUT2D eigenvalue weighted by atomic mass is 32.1. The Bertz CT molecular complexity index is 525. The van der Waals surface area contributed by atoms with Crippen molar-refractivity contribution in [2.75, 3.05) is 25.6 Å². The van der Waals surface area contributed by atoms with E-state index in [1.54, 1.807) is 18.9 Å². The number of ether oxygens (including phenoxy) is 1. The number of thiophene rings is 1. The first-order valence-electron chi connectivity index (χ1n) is 6.69. The van der Waals surface area contributed by atoms with E-state index in [9.17, 15) is 14.7 Å². The largest absolute Gasteiger partial charge is 0.478 e. The van der Waals surface area contributed by atoms with Crippen LogP contribution in [0.5, 0.6) is 0 Å². The summed E-state index contributed by atoms with van der Waals surface area (Å²) < 4.78 is 4.99. The third-order valence-electron chi connectivity index (χ3n) is 3.24. The summed E-state index contributed by atoms with van der Waals surface area (Å²) in [5.74, 6) is -1.03. The van der Waals surface area contributed by atoms with Crippen molar-refractivity contribution >= 4 is 28.3 Å². The molecule has 0 aromatic carbocycles. The number of anilines is 1. The molecule has 21 heavy (non-hydrogen) atoms. The number of aromatic carboxylic acids is 1. The van der Waals surface area contributed by atoms with E-state index in [-0.39, 0.29) is 17.6 Å². The molecule has 0 saturated heterocycles. The SMILES string of the molecule is COCCN(C(=O)Nc1sc(C)c(C)c1C(=O)O)C(C)C. The van der Waals surface area contributed by atoms with Gasteiger partial charge in [-0.3, -0.25) is 5.32 Å². The maximum absolute atomic E-state index is 12.3. The number of carboxylic acids is 1. The van der Waals surface area contributed by atoms with Gasteiger partial charge in [-0.05, 0) is 33.3 Å². The summed E-state index contributed by atoms with van der Waals surface area (Å²) in [5.41, 5.74) is 0.858. The van der Waals surface area contributed by atoms with Crippen molar-refractivity contribution in [1.29, 1.82) is 0 Å². The molecule has 1 heterocycles. The predicted octanol–water partition coefficient (Wildman–Crippen LogP) is 2.95. The van der Waals surface area contributed by atoms with Gasteiger partial charge in [-0.2, -0.15) is 0 Å². The number of nitrogens with one attached hydrogen (secondary N) is 1. The molecule has 0 radical (unpaired) electrons. The van der Waals surface area contributed by atoms with Gasteiger partial charge in [0.1, 0.15) is 5.00 Å². The second-order valence-electron chi connectivity index (χ2n) is 5.00. The van der Waals surface area contributed by atoms with Gasteiger partial charge in [0.2, 0.25) is 0 Å². The molecule has 2 amide bonds. The Labute approximate surface area is 128 Å². The van der Waals surface area contributed by atoms with E-state index in [4.69, 9.17) is 4.74 Å². The molecule has 2 N–H and O–H groups in total. The average Bonchev–Trinajstić information content (AvgIpc) is 2.64. The van der Waals surface area contributed by atoms with Crippen molar-refractivity contribution in [3.63, 3.8) is 0 Å². The van der Waals surface area contributed by atoms with Gasteiger partial charge in [-0.25, -0.2) is 9.59 Å². The molecule has 0 aliphatic carbocycles. The zero-order valence-electron chi connectivity index (χ0n) is 13.0. The van der Waals surface area contributed by atoms with Crippen LogP contribution in [0, 0.1) is 13.8 Å². The van der Waals surface area contributed by atoms with Crippen LogP contribution in [0.15, 0.2) is 0 Å². The van der Waals surface area contributed by atoms with Gasteiger partial charge in [0.15, 0.2) is 0 Å². The molecule has 1 aromatic rings. The normalized spacial score (nSPS) is 10.8. The summed E-state index contributed by atoms with van der Waals surface area (Å²) in [7, 11) is 1.57. The van der Waals surface area contributed by atoms with Gasteiger partial charge in [-0.1, -0.05) is 0 Å². The number of carbonyl (C=O) groups is 2. The fraction of sp³-hybridized carbons (Fsp3) is 0.571. The molecule has 118 valence electrons. The van der Waals surface area contributed by atoms with E-state index < -0.39 is 5.97 Å². The van der Waals surface area contributed by atoms with E-state index >= 15 is 0 Å². The maximum Gasteiger partial charge on any atom is 0.338 e. The van der Waals surface area contributed by atoms with E-state index in [0.717, 1.165) is 4.88 Å². The van der Waals surface area contributed by atoms with Gasteiger partial charge >= 0.3 is 12.0 Å². The van der Waals surface area contributed by atoms with Crippen molar-refractivity contribution in [2.24, 2.45) is 0 Å². The highest BCUT2D eigenvalue weighted by Gasteiger charge is 2.23. The second-order valence-corrected chi connectivity index (χ2v) is 6.23. The van der Waals surface area contributed by atoms with Gasteiger partial charge in [0.25, 0.3) is 0 Å². The Balaban J connectivity index is 2.96. The van der Waals surface area contributed by atoms with Crippen LogP contribution in [0.25, 0.3) is 0 Å². The number of urea groups is 1. The van der Waals surface area contributed by atoms with E-state index in [1.165, 1.54) is 11.3 Å². The number of carbonyl (C=O) groups excluding carboxylic acids is 1. The van der Waals surface area contributed by atoms with Crippen LogP contribution in [0.1, 0.15) is 34.6 Å². The van der Waals surface area contributed by atoms with Crippen LogP contribution in [-0.4, -0.2) is 48.3 Å². The first-order valence-corrected chi connectivity index (χ1v) is 7.51. The molecule has 1 aromatic heterocycles. The Morgan fingerprint density at radius 1 is 1.38 bits per heavy atom. The Morgan fingerprint density at radius 2 is 2.00 bits per heavy atom. The summed E-state index contributed by atoms with van der Waals surface area (Å²) in [6.07, 6.45) is 0. The fourth-order valence-electron chi connectivity index (χ4n) is 1.93. The molecule has 0 spiro atoms. The predicted molar refractivity (Wildman–Crippen MR) is 83.5 cm³/mol. The average molecular weight is 314 g/mol. The molecule has 0 aliphatic rings. The lowest BCUT2D eigenvalue weighted by Gasteiger charge is -2.26. The number of hydrogen-bond donors (Lipinski definition) is 2. The summed E-state index contributed by atoms with van der Waals surface area (Å²) in [4.78, 5) is 26.2. The minimum absolute atomic E-state index is 0.00409. The number of carboxylic acid groups (broad SMARTS) is 1. The number of hydrogen-bond acceptors (Lipinski definition) is 4. The molecular formula is C14H22N2O4S. The minimum Gasteiger partial charge on any atom is -0.478 e. The maximum atomic E-state index is 12.3. The standard InChI is InChI=1S/C14H22N2O4S/c1-8(2)16(6-7-20-5)14(19)15-12-11(13(17)18)9(3)10(4)21-12/h8H,6-7H2,1-5H3,(H,15,19)(H,17,18). The molecule has 0 atom stereocenters. The topological polar surface area (TPSA) is 78.9 Å². The van der Waals surface area contributed by atoms with Crippen molar-refractivity contribution in [3.8, 4) is 0 Å². The molecule has 0 fully saturated rings. The van der Waals surface area contributed by atoms with Crippen LogP contribution in [0.4, 0.5) is 9.80 Å². The van der Waals surface area contributed by atoms with Crippen LogP contribution < -0.4 is 5.32 Å². The number of methoxy groups -OCH3 is 1. The smallest absolute Gasteiger partial charge is 0.338 e. The molecular weight excluding hydrogens is 292 g/mol. The van der Waals surface area contributed by atoms with Crippen molar-refractivity contribution in [1.82, 2.24) is 4.90 Å². The van der Waals surface area contributed by atoms with Crippen LogP contribution in [0.3, 0.4) is 0 Å². The van der Waals surface area contributed by atoms with Crippen LogP contribution in [-0.2, 0) is 4.74 Å². The first kappa shape index (κ1) is 17.5. The molecule has 0 bridgehead atoms. The van der Waals surface area contributed by atoms with Crippen LogP contribution in [0.2, 0.25) is 0 Å². The van der Waals surface area contributed by atoms with E-state index in [0.29, 0.717) is 23.7 Å². The third-order valence-corrected chi connectivity index (χ3v) is 4.36. The number of rotatable bonds is 6. The molecule has 7 heteroatoms. The Morgan fingerprint density at radius 3 is 2.48 bits per heavy atom. The summed E-state index contributed by atoms with van der Waals surface area (Å²) in [6, 6.07) is -0.318. The number of aryl methyl sites for hydroxylation is 1. The van der Waals surface area contributed by atoms with Crippen molar-refractivity contribution in [3.05, 3.63) is 16.0 Å². The van der Waals surface area contributed by atoms with Crippen molar-refractivity contribution in [2.45, 2.75) is 33.7 Å². The van der Waals surface area contributed by atoms with Crippen molar-refractivity contribution < 1.29 is 19.4 Å². The Hall–Kier alpha value is -1.60. The summed E-state index contributed by atoms with van der Waals surface area (Å²) in [6.45, 7) is 8.27. The van der Waals surface area contributed by atoms with Gasteiger partial charge in [-0.15, -0.1) is 11.3 Å². The molecule has 0 aliphatic heterocycles. The van der Waals surface area contributed by atoms with Gasteiger partial charge < -0.3 is 14.7 Å². The zero-order chi connectivity index (χ0) is 16.2. The molecule has 0 saturated carbocycles. The summed E-state index contributed by atoms with van der Waals surface area (Å²) >= 11 is 1.28. The zero-order valence-corrected chi connectivity index (χ0v) is 13.8. The second kappa shape index (κ2) is 7.42. The quantitative estimate of drug-likeness (QED) is 0.846. The highest BCUT2D eigenvalue weighted by molar-refractivity contribution is 7.16. The lowest BCUT2D eigenvalue weighted by molar-refractivity contribution is 0.0697. The third kappa shape index (κ3) is 4.18. The van der Waals surface area contributed by atoms with Gasteiger partial charge in [0.05, 0.1) is 12.2 Å². The molecule has 0 unspecified atom stereocenters. The minimum atomic E-state index is -1.03. The molecule has 1 rings (SSSR count). The summed E-state index contributed by atoms with van der Waals surface area (Å²) in [5, 5.41) is 12.4. The van der Waals surface area contributed by atoms with Crippen LogP contribution >= 0.6 is 11.3 Å². The lowest BCUT2D eigenvalue weighted by atomic mass is 10.1. The van der Waals surface area contributed by atoms with E-state index in [1.807, 2.05) is 20.8 Å². The number of nitrogens with zero attached hydrogens (tertiary/aromatic N) is 1. The van der Waals surface area contributed by atoms with E-state index in [2.05, 4.69) is 5.32 Å².